The van der Waals surface area contributed by atoms with Crippen LogP contribution in [0.2, 0.25) is 0 Å². The van der Waals surface area contributed by atoms with E-state index in [1.165, 1.54) is 38.1 Å². The standard InChI is InChI=1S/C16H20N4O4.ClH/c21-12-7-11(6-5-10-3-1-2-4-10)20-15(18-9-19-20)14(12)16(24)17-8-13(22)23;/h7,9-10,21H,1-6,8H2,(H,17,24)(H,22,23);1H. The van der Waals surface area contributed by atoms with Gasteiger partial charge in [-0.3, -0.25) is 9.59 Å². The molecule has 1 aliphatic rings. The third-order valence-corrected chi connectivity index (χ3v) is 4.51. The normalized spacial score (nSPS) is 14.4. The highest BCUT2D eigenvalue weighted by Gasteiger charge is 2.22. The minimum atomic E-state index is -1.16. The fourth-order valence-corrected chi connectivity index (χ4v) is 3.32. The van der Waals surface area contributed by atoms with Crippen LogP contribution in [-0.2, 0) is 11.2 Å². The quantitative estimate of drug-likeness (QED) is 0.715. The van der Waals surface area contributed by atoms with E-state index in [9.17, 15) is 14.7 Å². The summed E-state index contributed by atoms with van der Waals surface area (Å²) in [5.74, 6) is -1.35. The Morgan fingerprint density at radius 1 is 1.32 bits per heavy atom. The van der Waals surface area contributed by atoms with Crippen LogP contribution < -0.4 is 5.32 Å². The molecule has 1 saturated carbocycles. The summed E-state index contributed by atoms with van der Waals surface area (Å²) >= 11 is 0. The fourth-order valence-electron chi connectivity index (χ4n) is 3.32. The van der Waals surface area contributed by atoms with Crippen molar-refractivity contribution >= 4 is 29.9 Å². The molecular weight excluding hydrogens is 348 g/mol. The van der Waals surface area contributed by atoms with Crippen molar-refractivity contribution in [2.75, 3.05) is 6.54 Å². The number of nitrogens with zero attached hydrogens (tertiary/aromatic N) is 3. The molecule has 0 aliphatic heterocycles. The number of aromatic hydroxyl groups is 1. The maximum atomic E-state index is 12.1. The lowest BCUT2D eigenvalue weighted by Gasteiger charge is -2.12. The molecule has 2 aromatic heterocycles. The van der Waals surface area contributed by atoms with Gasteiger partial charge in [-0.25, -0.2) is 9.50 Å². The molecule has 3 N–H and O–H groups in total. The molecule has 1 aliphatic carbocycles. The van der Waals surface area contributed by atoms with Crippen molar-refractivity contribution in [2.45, 2.75) is 38.5 Å². The van der Waals surface area contributed by atoms with Gasteiger partial charge in [-0.2, -0.15) is 5.10 Å². The van der Waals surface area contributed by atoms with Crippen LogP contribution in [0.15, 0.2) is 12.4 Å². The summed E-state index contributed by atoms with van der Waals surface area (Å²) in [6.45, 7) is -0.526. The molecule has 0 radical (unpaired) electrons. The maximum absolute atomic E-state index is 12.1. The Hall–Kier alpha value is -2.35. The number of pyridine rings is 1. The molecule has 1 amide bonds. The maximum Gasteiger partial charge on any atom is 0.322 e. The molecule has 2 heterocycles. The van der Waals surface area contributed by atoms with Crippen LogP contribution in [0.4, 0.5) is 0 Å². The van der Waals surface area contributed by atoms with Gasteiger partial charge in [0.1, 0.15) is 24.2 Å². The number of aromatic nitrogens is 3. The van der Waals surface area contributed by atoms with Gasteiger partial charge >= 0.3 is 5.97 Å². The SMILES string of the molecule is Cl.O=C(O)CNC(=O)c1c(O)cc(CCC2CCCC2)n2ncnc12. The van der Waals surface area contributed by atoms with E-state index in [2.05, 4.69) is 15.4 Å². The zero-order valence-electron chi connectivity index (χ0n) is 13.6. The molecule has 136 valence electrons. The Morgan fingerprint density at radius 2 is 2.04 bits per heavy atom. The number of nitrogens with one attached hydrogen (secondary N) is 1. The second-order valence-corrected chi connectivity index (χ2v) is 6.16. The van der Waals surface area contributed by atoms with Gasteiger partial charge in [0.15, 0.2) is 5.65 Å². The van der Waals surface area contributed by atoms with Crippen LogP contribution in [0, 0.1) is 5.92 Å². The highest BCUT2D eigenvalue weighted by atomic mass is 35.5. The molecule has 25 heavy (non-hydrogen) atoms. The summed E-state index contributed by atoms with van der Waals surface area (Å²) in [5, 5.41) is 25.3. The average Bonchev–Trinajstić information content (AvgIpc) is 3.21. The van der Waals surface area contributed by atoms with Crippen LogP contribution in [0.1, 0.15) is 48.2 Å². The minimum Gasteiger partial charge on any atom is -0.507 e. The van der Waals surface area contributed by atoms with Crippen LogP contribution in [0.3, 0.4) is 0 Å². The lowest BCUT2D eigenvalue weighted by Crippen LogP contribution is -2.30. The molecule has 0 bridgehead atoms. The van der Waals surface area contributed by atoms with Crippen LogP contribution in [-0.4, -0.2) is 43.2 Å². The number of carboxylic acid groups (broad SMARTS) is 1. The lowest BCUT2D eigenvalue weighted by molar-refractivity contribution is -0.135. The Morgan fingerprint density at radius 3 is 2.72 bits per heavy atom. The van der Waals surface area contributed by atoms with Crippen molar-refractivity contribution in [3.05, 3.63) is 23.7 Å². The Kier molecular flexibility index (Phi) is 6.19. The molecule has 0 saturated heterocycles. The van der Waals surface area contributed by atoms with Gasteiger partial charge < -0.3 is 15.5 Å². The van der Waals surface area contributed by atoms with Crippen molar-refractivity contribution in [2.24, 2.45) is 5.92 Å². The van der Waals surface area contributed by atoms with E-state index < -0.39 is 18.4 Å². The van der Waals surface area contributed by atoms with Gasteiger partial charge in [-0.15, -0.1) is 12.4 Å². The summed E-state index contributed by atoms with van der Waals surface area (Å²) in [6.07, 6.45) is 8.11. The Labute approximate surface area is 150 Å². The molecule has 1 fully saturated rings. The number of amides is 1. The summed E-state index contributed by atoms with van der Waals surface area (Å²) in [4.78, 5) is 26.8. The molecule has 0 spiro atoms. The summed E-state index contributed by atoms with van der Waals surface area (Å²) in [7, 11) is 0. The number of hydrogen-bond acceptors (Lipinski definition) is 5. The number of aryl methyl sites for hydroxylation is 1. The van der Waals surface area contributed by atoms with E-state index in [4.69, 9.17) is 5.11 Å². The number of fused-ring (bicyclic) bond motifs is 1. The van der Waals surface area contributed by atoms with E-state index in [0.717, 1.165) is 18.5 Å². The van der Waals surface area contributed by atoms with E-state index >= 15 is 0 Å². The number of carbonyl (C=O) groups is 2. The molecule has 3 rings (SSSR count). The van der Waals surface area contributed by atoms with E-state index in [-0.39, 0.29) is 29.4 Å². The van der Waals surface area contributed by atoms with E-state index in [1.54, 1.807) is 4.52 Å². The van der Waals surface area contributed by atoms with Gasteiger partial charge in [0.05, 0.1) is 0 Å². The first-order chi connectivity index (χ1) is 11.6. The third kappa shape index (κ3) is 4.19. The third-order valence-electron chi connectivity index (χ3n) is 4.51. The van der Waals surface area contributed by atoms with Crippen molar-refractivity contribution in [1.29, 1.82) is 0 Å². The number of rotatable bonds is 6. The molecule has 0 atom stereocenters. The van der Waals surface area contributed by atoms with Crippen molar-refractivity contribution < 1.29 is 19.8 Å². The lowest BCUT2D eigenvalue weighted by atomic mass is 10.00. The van der Waals surface area contributed by atoms with Crippen LogP contribution >= 0.6 is 12.4 Å². The molecular formula is C16H21ClN4O4. The van der Waals surface area contributed by atoms with E-state index in [0.29, 0.717) is 5.92 Å². The number of carbonyl (C=O) groups excluding carboxylic acids is 1. The first-order valence-electron chi connectivity index (χ1n) is 8.11. The fraction of sp³-hybridized carbons (Fsp3) is 0.500. The van der Waals surface area contributed by atoms with Gasteiger partial charge in [-0.05, 0) is 18.8 Å². The average molecular weight is 369 g/mol. The van der Waals surface area contributed by atoms with Gasteiger partial charge in [0, 0.05) is 11.8 Å². The van der Waals surface area contributed by atoms with Crippen LogP contribution in [0.25, 0.3) is 5.65 Å². The topological polar surface area (TPSA) is 117 Å². The molecule has 0 unspecified atom stereocenters. The molecule has 8 nitrogen and oxygen atoms in total. The van der Waals surface area contributed by atoms with Crippen molar-refractivity contribution in [1.82, 2.24) is 19.9 Å². The highest BCUT2D eigenvalue weighted by molar-refractivity contribution is 6.03. The zero-order chi connectivity index (χ0) is 17.1. The molecule has 0 aromatic carbocycles. The zero-order valence-corrected chi connectivity index (χ0v) is 14.5. The van der Waals surface area contributed by atoms with Crippen molar-refractivity contribution in [3.63, 3.8) is 0 Å². The van der Waals surface area contributed by atoms with Gasteiger partial charge in [0.2, 0.25) is 0 Å². The number of aliphatic carboxylic acids is 1. The minimum absolute atomic E-state index is 0. The predicted molar refractivity (Wildman–Crippen MR) is 92.1 cm³/mol. The predicted octanol–water partition coefficient (Wildman–Crippen LogP) is 1.79. The van der Waals surface area contributed by atoms with Crippen molar-refractivity contribution in [3.8, 4) is 5.75 Å². The monoisotopic (exact) mass is 368 g/mol. The number of halogens is 1. The van der Waals surface area contributed by atoms with E-state index in [1.807, 2.05) is 0 Å². The highest BCUT2D eigenvalue weighted by Crippen LogP contribution is 2.30. The largest absolute Gasteiger partial charge is 0.507 e. The Bertz CT molecular complexity index is 771. The second kappa shape index (κ2) is 8.15. The first kappa shape index (κ1) is 19.0. The first-order valence-corrected chi connectivity index (χ1v) is 8.11. The smallest absolute Gasteiger partial charge is 0.322 e. The summed E-state index contributed by atoms with van der Waals surface area (Å²) in [6, 6.07) is 1.52. The second-order valence-electron chi connectivity index (χ2n) is 6.16. The molecule has 9 heteroatoms. The summed E-state index contributed by atoms with van der Waals surface area (Å²) in [5.41, 5.74) is 0.972. The molecule has 2 aromatic rings. The number of carboxylic acids is 1. The van der Waals surface area contributed by atoms with Gasteiger partial charge in [-0.1, -0.05) is 25.7 Å². The summed E-state index contributed by atoms with van der Waals surface area (Å²) < 4.78 is 1.55. The van der Waals surface area contributed by atoms with Gasteiger partial charge in [0.25, 0.3) is 5.91 Å². The van der Waals surface area contributed by atoms with Crippen LogP contribution in [0.5, 0.6) is 5.75 Å². The number of hydrogen-bond donors (Lipinski definition) is 3. The Balaban J connectivity index is 0.00000225.